The van der Waals surface area contributed by atoms with Crippen LogP contribution in [0.2, 0.25) is 0 Å². The van der Waals surface area contributed by atoms with Gasteiger partial charge in [0.15, 0.2) is 15.6 Å². The van der Waals surface area contributed by atoms with Gasteiger partial charge >= 0.3 is 6.09 Å². The molecule has 0 saturated heterocycles. The minimum absolute atomic E-state index is 0.147. The molecule has 2 amide bonds. The van der Waals surface area contributed by atoms with Crippen molar-refractivity contribution in [3.63, 3.8) is 0 Å². The fourth-order valence-corrected chi connectivity index (χ4v) is 4.79. The highest BCUT2D eigenvalue weighted by molar-refractivity contribution is 7.91. The number of hydrogen-bond acceptors (Lipinski definition) is 7. The molecule has 9 nitrogen and oxygen atoms in total. The lowest BCUT2D eigenvalue weighted by Crippen LogP contribution is -2.39. The average Bonchev–Trinajstić information content (AvgIpc) is 2.89. The summed E-state index contributed by atoms with van der Waals surface area (Å²) in [5, 5.41) is 5.56. The summed E-state index contributed by atoms with van der Waals surface area (Å²) >= 11 is 0. The number of ketones is 1. The lowest BCUT2D eigenvalue weighted by molar-refractivity contribution is 0.0157. The molecule has 0 aliphatic carbocycles. The highest BCUT2D eigenvalue weighted by atomic mass is 32.2. The van der Waals surface area contributed by atoms with Gasteiger partial charge in [0.25, 0.3) is 5.91 Å². The van der Waals surface area contributed by atoms with Crippen molar-refractivity contribution in [2.45, 2.75) is 45.9 Å². The SMILES string of the molecule is COC(=O)NCC(C)(C)COCC(C)(C)CNC(=O)c1ccc(C(=O)CCS(=O)(=O)c2ccc(C)cc2)cc1. The van der Waals surface area contributed by atoms with Gasteiger partial charge in [0, 0.05) is 41.5 Å². The number of rotatable bonds is 14. The third-order valence-corrected chi connectivity index (χ3v) is 7.79. The van der Waals surface area contributed by atoms with Crippen LogP contribution >= 0.6 is 0 Å². The molecule has 0 spiro atoms. The van der Waals surface area contributed by atoms with Gasteiger partial charge < -0.3 is 20.1 Å². The molecule has 214 valence electrons. The van der Waals surface area contributed by atoms with Gasteiger partial charge in [-0.25, -0.2) is 13.2 Å². The summed E-state index contributed by atoms with van der Waals surface area (Å²) < 4.78 is 35.5. The predicted molar refractivity (Wildman–Crippen MR) is 150 cm³/mol. The summed E-state index contributed by atoms with van der Waals surface area (Å²) in [6.45, 7) is 11.3. The zero-order valence-electron chi connectivity index (χ0n) is 23.6. The van der Waals surface area contributed by atoms with Gasteiger partial charge in [0.05, 0.1) is 31.0 Å². The number of alkyl carbamates (subject to hydrolysis) is 1. The summed E-state index contributed by atoms with van der Waals surface area (Å²) in [5.41, 5.74) is 1.06. The topological polar surface area (TPSA) is 128 Å². The Kier molecular flexibility index (Phi) is 11.2. The fraction of sp³-hybridized carbons (Fsp3) is 0.483. The van der Waals surface area contributed by atoms with Crippen molar-refractivity contribution in [1.29, 1.82) is 0 Å². The average molecular weight is 561 g/mol. The molecule has 2 rings (SSSR count). The first-order chi connectivity index (χ1) is 18.1. The highest BCUT2D eigenvalue weighted by Crippen LogP contribution is 2.19. The maximum Gasteiger partial charge on any atom is 0.406 e. The number of nitrogens with one attached hydrogen (secondary N) is 2. The van der Waals surface area contributed by atoms with E-state index in [0.29, 0.717) is 37.4 Å². The second kappa shape index (κ2) is 13.7. The molecule has 0 heterocycles. The van der Waals surface area contributed by atoms with Crippen LogP contribution in [0.3, 0.4) is 0 Å². The summed E-state index contributed by atoms with van der Waals surface area (Å²) in [7, 11) is -2.25. The molecule has 0 aromatic heterocycles. The van der Waals surface area contributed by atoms with Crippen LogP contribution in [0.5, 0.6) is 0 Å². The summed E-state index contributed by atoms with van der Waals surface area (Å²) in [6, 6.07) is 12.7. The first kappa shape index (κ1) is 32.0. The molecule has 0 saturated carbocycles. The number of hydrogen-bond donors (Lipinski definition) is 2. The number of benzene rings is 2. The number of sulfone groups is 1. The Morgan fingerprint density at radius 1 is 0.795 bits per heavy atom. The Morgan fingerprint density at radius 2 is 1.31 bits per heavy atom. The van der Waals surface area contributed by atoms with Gasteiger partial charge in [-0.2, -0.15) is 0 Å². The second-order valence-corrected chi connectivity index (χ2v) is 13.3. The molecule has 2 aromatic carbocycles. The number of amides is 2. The van der Waals surface area contributed by atoms with Crippen LogP contribution < -0.4 is 10.6 Å². The number of Topliss-reactive ketones (excluding diaryl/α,β-unsaturated/α-hetero) is 1. The van der Waals surface area contributed by atoms with E-state index in [1.165, 1.54) is 19.2 Å². The number of ether oxygens (including phenoxy) is 2. The summed E-state index contributed by atoms with van der Waals surface area (Å²) in [6.07, 6.45) is -0.638. The zero-order valence-corrected chi connectivity index (χ0v) is 24.4. The van der Waals surface area contributed by atoms with E-state index in [-0.39, 0.29) is 39.6 Å². The minimum Gasteiger partial charge on any atom is -0.453 e. The van der Waals surface area contributed by atoms with Crippen LogP contribution in [-0.4, -0.2) is 65.4 Å². The maximum atomic E-state index is 12.7. The lowest BCUT2D eigenvalue weighted by atomic mass is 9.93. The van der Waals surface area contributed by atoms with Gasteiger partial charge in [0.1, 0.15) is 0 Å². The molecule has 0 radical (unpaired) electrons. The first-order valence-corrected chi connectivity index (χ1v) is 14.4. The highest BCUT2D eigenvalue weighted by Gasteiger charge is 2.24. The van der Waals surface area contributed by atoms with Crippen molar-refractivity contribution < 1.29 is 32.3 Å². The normalized spacial score (nSPS) is 12.1. The van der Waals surface area contributed by atoms with Crippen molar-refractivity contribution in [3.8, 4) is 0 Å². The van der Waals surface area contributed by atoms with E-state index in [1.54, 1.807) is 36.4 Å². The molecule has 0 bridgehead atoms. The maximum absolute atomic E-state index is 12.7. The van der Waals surface area contributed by atoms with E-state index in [0.717, 1.165) is 5.56 Å². The van der Waals surface area contributed by atoms with E-state index in [9.17, 15) is 22.8 Å². The molecule has 39 heavy (non-hydrogen) atoms. The molecule has 0 aliphatic rings. The Labute approximate surface area is 231 Å². The van der Waals surface area contributed by atoms with Crippen LogP contribution in [0, 0.1) is 17.8 Å². The van der Waals surface area contributed by atoms with Crippen LogP contribution in [-0.2, 0) is 19.3 Å². The van der Waals surface area contributed by atoms with E-state index in [2.05, 4.69) is 15.4 Å². The molecular weight excluding hydrogens is 520 g/mol. The van der Waals surface area contributed by atoms with Crippen molar-refractivity contribution >= 4 is 27.6 Å². The molecule has 0 fully saturated rings. The quantitative estimate of drug-likeness (QED) is 0.332. The molecular formula is C29H40N2O7S. The van der Waals surface area contributed by atoms with E-state index < -0.39 is 15.9 Å². The van der Waals surface area contributed by atoms with Crippen LogP contribution in [0.15, 0.2) is 53.4 Å². The standard InChI is InChI=1S/C29H40N2O7S/c1-21-7-13-24(14-8-21)39(35,36)16-15-25(32)22-9-11-23(12-10-22)26(33)30-17-28(2,3)19-38-20-29(4,5)18-31-27(34)37-6/h7-14H,15-20H2,1-6H3,(H,30,33)(H,31,34). The van der Waals surface area contributed by atoms with Crippen LogP contribution in [0.25, 0.3) is 0 Å². The molecule has 0 atom stereocenters. The molecule has 2 aromatic rings. The number of aryl methyl sites for hydroxylation is 1. The van der Waals surface area contributed by atoms with Crippen molar-refractivity contribution in [1.82, 2.24) is 10.6 Å². The molecule has 0 unspecified atom stereocenters. The minimum atomic E-state index is -3.56. The predicted octanol–water partition coefficient (Wildman–Crippen LogP) is 4.20. The lowest BCUT2D eigenvalue weighted by Gasteiger charge is -2.29. The second-order valence-electron chi connectivity index (χ2n) is 11.2. The van der Waals surface area contributed by atoms with Crippen molar-refractivity contribution in [2.24, 2.45) is 10.8 Å². The Hall–Kier alpha value is -3.24. The van der Waals surface area contributed by atoms with E-state index in [4.69, 9.17) is 4.74 Å². The summed E-state index contributed by atoms with van der Waals surface area (Å²) in [5.74, 6) is -0.875. The van der Waals surface area contributed by atoms with Gasteiger partial charge in [-0.1, -0.05) is 57.5 Å². The third-order valence-electron chi connectivity index (χ3n) is 6.06. The van der Waals surface area contributed by atoms with Crippen LogP contribution in [0.1, 0.15) is 60.4 Å². The number of carbonyl (C=O) groups excluding carboxylic acids is 3. The van der Waals surface area contributed by atoms with Gasteiger partial charge in [0.2, 0.25) is 0 Å². The number of carbonyl (C=O) groups is 3. The van der Waals surface area contributed by atoms with Crippen LogP contribution in [0.4, 0.5) is 4.79 Å². The molecule has 10 heteroatoms. The van der Waals surface area contributed by atoms with Gasteiger partial charge in [-0.15, -0.1) is 0 Å². The fourth-order valence-electron chi connectivity index (χ4n) is 3.55. The van der Waals surface area contributed by atoms with E-state index >= 15 is 0 Å². The summed E-state index contributed by atoms with van der Waals surface area (Å²) in [4.78, 5) is 36.7. The zero-order chi connectivity index (χ0) is 29.3. The molecule has 0 aliphatic heterocycles. The van der Waals surface area contributed by atoms with E-state index in [1.807, 2.05) is 34.6 Å². The van der Waals surface area contributed by atoms with Crippen molar-refractivity contribution in [2.75, 3.05) is 39.2 Å². The Balaban J connectivity index is 1.82. The smallest absolute Gasteiger partial charge is 0.406 e. The number of methoxy groups -OCH3 is 1. The largest absolute Gasteiger partial charge is 0.453 e. The molecule has 2 N–H and O–H groups in total. The van der Waals surface area contributed by atoms with Gasteiger partial charge in [-0.05, 0) is 31.2 Å². The first-order valence-electron chi connectivity index (χ1n) is 12.7. The third kappa shape index (κ3) is 10.8. The van der Waals surface area contributed by atoms with Crippen molar-refractivity contribution in [3.05, 3.63) is 65.2 Å². The Bertz CT molecular complexity index is 1240. The Morgan fingerprint density at radius 3 is 1.85 bits per heavy atom. The van der Waals surface area contributed by atoms with Gasteiger partial charge in [-0.3, -0.25) is 9.59 Å². The monoisotopic (exact) mass is 560 g/mol.